The van der Waals surface area contributed by atoms with Crippen molar-refractivity contribution in [3.8, 4) is 6.07 Å². The third-order valence-corrected chi connectivity index (χ3v) is 5.23. The molecule has 0 fully saturated rings. The Morgan fingerprint density at radius 2 is 1.96 bits per heavy atom. The fourth-order valence-corrected chi connectivity index (χ4v) is 3.67. The number of benzene rings is 1. The van der Waals surface area contributed by atoms with E-state index in [9.17, 15) is 23.2 Å². The second kappa shape index (κ2) is 9.11. The number of hydrogen-bond donors (Lipinski definition) is 1. The molecule has 0 spiro atoms. The Balaban J connectivity index is 2.22. The van der Waals surface area contributed by atoms with Gasteiger partial charge in [0.05, 0.1) is 22.9 Å². The van der Waals surface area contributed by atoms with Crippen LogP contribution in [0.15, 0.2) is 35.4 Å². The zero-order valence-corrected chi connectivity index (χ0v) is 16.5. The van der Waals surface area contributed by atoms with Gasteiger partial charge in [0.25, 0.3) is 0 Å². The van der Waals surface area contributed by atoms with Crippen molar-refractivity contribution in [3.63, 3.8) is 0 Å². The van der Waals surface area contributed by atoms with Crippen molar-refractivity contribution in [2.24, 2.45) is 0 Å². The van der Waals surface area contributed by atoms with Gasteiger partial charge >= 0.3 is 6.18 Å². The third-order valence-electron chi connectivity index (χ3n) is 4.26. The van der Waals surface area contributed by atoms with Crippen molar-refractivity contribution in [1.82, 2.24) is 10.3 Å². The Hall–Kier alpha value is -2.53. The first-order valence-electron chi connectivity index (χ1n) is 8.66. The van der Waals surface area contributed by atoms with Crippen LogP contribution in [-0.4, -0.2) is 16.6 Å². The van der Waals surface area contributed by atoms with Gasteiger partial charge in [0, 0.05) is 5.69 Å². The maximum absolute atomic E-state index is 13.5. The minimum absolute atomic E-state index is 0.0435. The van der Waals surface area contributed by atoms with Gasteiger partial charge < -0.3 is 5.32 Å². The zero-order chi connectivity index (χ0) is 20.9. The van der Waals surface area contributed by atoms with E-state index in [4.69, 9.17) is 0 Å². The summed E-state index contributed by atoms with van der Waals surface area (Å²) in [5.41, 5.74) is -0.358. The molecule has 0 aliphatic rings. The average Bonchev–Trinajstić information content (AvgIpc) is 2.66. The molecule has 0 bridgehead atoms. The quantitative estimate of drug-likeness (QED) is 0.698. The molecule has 1 aromatic heterocycles. The van der Waals surface area contributed by atoms with E-state index >= 15 is 0 Å². The molecule has 2 aromatic rings. The maximum atomic E-state index is 13.5. The van der Waals surface area contributed by atoms with Gasteiger partial charge in [-0.05, 0) is 31.4 Å². The van der Waals surface area contributed by atoms with Crippen LogP contribution in [0.4, 0.5) is 13.2 Å². The lowest BCUT2D eigenvalue weighted by molar-refractivity contribution is -0.138. The lowest BCUT2D eigenvalue weighted by atomic mass is 10.0. The number of aryl methyl sites for hydroxylation is 1. The Labute approximate surface area is 166 Å². The van der Waals surface area contributed by atoms with Gasteiger partial charge in [0.2, 0.25) is 5.91 Å². The largest absolute Gasteiger partial charge is 0.418 e. The number of nitriles is 1. The molecule has 1 N–H and O–H groups in total. The Bertz CT molecular complexity index is 892. The lowest BCUT2D eigenvalue weighted by Crippen LogP contribution is -2.28. The molecule has 2 rings (SSSR count). The number of carbonyl (C=O) groups is 1. The van der Waals surface area contributed by atoms with Gasteiger partial charge in [-0.1, -0.05) is 49.0 Å². The fourth-order valence-electron chi connectivity index (χ4n) is 2.85. The van der Waals surface area contributed by atoms with E-state index in [1.54, 1.807) is 13.0 Å². The molecule has 0 aliphatic heterocycles. The van der Waals surface area contributed by atoms with Crippen molar-refractivity contribution in [2.75, 3.05) is 5.75 Å². The van der Waals surface area contributed by atoms with Crippen LogP contribution in [0.3, 0.4) is 0 Å². The predicted octanol–water partition coefficient (Wildman–Crippen LogP) is 4.81. The van der Waals surface area contributed by atoms with Gasteiger partial charge in [-0.3, -0.25) is 4.79 Å². The normalized spacial score (nSPS) is 12.3. The molecule has 4 nitrogen and oxygen atoms in total. The Morgan fingerprint density at radius 1 is 1.32 bits per heavy atom. The standard InChI is InChI=1S/C20H20F3N3OS/c1-4-16-12(2)18(20(21,22)23)15(10-24)19(26-16)28-11-17(27)25-13(3)14-8-6-5-7-9-14/h5-9,13H,4,11H2,1-3H3,(H,25,27). The summed E-state index contributed by atoms with van der Waals surface area (Å²) in [6.07, 6.45) is -4.37. The van der Waals surface area contributed by atoms with E-state index in [0.29, 0.717) is 6.42 Å². The monoisotopic (exact) mass is 407 g/mol. The predicted molar refractivity (Wildman–Crippen MR) is 102 cm³/mol. The summed E-state index contributed by atoms with van der Waals surface area (Å²) in [7, 11) is 0. The molecule has 28 heavy (non-hydrogen) atoms. The summed E-state index contributed by atoms with van der Waals surface area (Å²) < 4.78 is 40.5. The van der Waals surface area contributed by atoms with Crippen molar-refractivity contribution in [3.05, 3.63) is 58.3 Å². The molecule has 1 aromatic carbocycles. The molecule has 0 saturated carbocycles. The zero-order valence-electron chi connectivity index (χ0n) is 15.7. The van der Waals surface area contributed by atoms with Crippen molar-refractivity contribution in [2.45, 2.75) is 44.4 Å². The van der Waals surface area contributed by atoms with Gasteiger partial charge in [-0.15, -0.1) is 0 Å². The van der Waals surface area contributed by atoms with Gasteiger partial charge in [-0.2, -0.15) is 18.4 Å². The number of thioether (sulfide) groups is 1. The Kier molecular flexibility index (Phi) is 7.08. The second-order valence-corrected chi connectivity index (χ2v) is 7.15. The van der Waals surface area contributed by atoms with E-state index in [2.05, 4.69) is 10.3 Å². The van der Waals surface area contributed by atoms with Gasteiger partial charge in [0.1, 0.15) is 11.1 Å². The molecule has 0 saturated heterocycles. The summed E-state index contributed by atoms with van der Waals surface area (Å²) in [4.78, 5) is 16.4. The maximum Gasteiger partial charge on any atom is 0.418 e. The number of rotatable bonds is 6. The summed E-state index contributed by atoms with van der Waals surface area (Å²) in [6.45, 7) is 4.84. The fraction of sp³-hybridized carbons (Fsp3) is 0.350. The number of alkyl halides is 3. The molecule has 1 amide bonds. The smallest absolute Gasteiger partial charge is 0.349 e. The summed E-state index contributed by atoms with van der Waals surface area (Å²) in [5, 5.41) is 12.0. The highest BCUT2D eigenvalue weighted by Gasteiger charge is 2.38. The van der Waals surface area contributed by atoms with E-state index in [0.717, 1.165) is 17.3 Å². The number of hydrogen-bond acceptors (Lipinski definition) is 4. The third kappa shape index (κ3) is 5.04. The SMILES string of the molecule is CCc1nc(SCC(=O)NC(C)c2ccccc2)c(C#N)c(C(F)(F)F)c1C. The van der Waals surface area contributed by atoms with E-state index < -0.39 is 17.3 Å². The van der Waals surface area contributed by atoms with E-state index in [-0.39, 0.29) is 34.0 Å². The molecular formula is C20H20F3N3OS. The first-order chi connectivity index (χ1) is 13.2. The average molecular weight is 407 g/mol. The number of amides is 1. The van der Waals surface area contributed by atoms with E-state index in [1.807, 2.05) is 37.3 Å². The van der Waals surface area contributed by atoms with Crippen LogP contribution in [0, 0.1) is 18.3 Å². The number of aromatic nitrogens is 1. The second-order valence-electron chi connectivity index (χ2n) is 6.19. The highest BCUT2D eigenvalue weighted by atomic mass is 32.2. The van der Waals surface area contributed by atoms with Gasteiger partial charge in [-0.25, -0.2) is 4.98 Å². The van der Waals surface area contributed by atoms with E-state index in [1.165, 1.54) is 6.92 Å². The van der Waals surface area contributed by atoms with Crippen LogP contribution in [-0.2, 0) is 17.4 Å². The number of nitrogens with zero attached hydrogens (tertiary/aromatic N) is 2. The molecule has 0 radical (unpaired) electrons. The molecular weight excluding hydrogens is 387 g/mol. The number of halogens is 3. The minimum atomic E-state index is -4.67. The van der Waals surface area contributed by atoms with Crippen LogP contribution < -0.4 is 5.32 Å². The highest BCUT2D eigenvalue weighted by Crippen LogP contribution is 2.38. The Morgan fingerprint density at radius 3 is 2.50 bits per heavy atom. The van der Waals surface area contributed by atoms with Crippen molar-refractivity contribution in [1.29, 1.82) is 5.26 Å². The molecule has 0 aliphatic carbocycles. The summed E-state index contributed by atoms with van der Waals surface area (Å²) in [5.74, 6) is -0.484. The summed E-state index contributed by atoms with van der Waals surface area (Å²) in [6, 6.07) is 10.7. The molecule has 1 unspecified atom stereocenters. The topological polar surface area (TPSA) is 65.8 Å². The van der Waals surface area contributed by atoms with Crippen LogP contribution in [0.1, 0.15) is 47.8 Å². The number of pyridine rings is 1. The van der Waals surface area contributed by atoms with Crippen molar-refractivity contribution >= 4 is 17.7 Å². The molecule has 1 atom stereocenters. The van der Waals surface area contributed by atoms with Crippen LogP contribution in [0.5, 0.6) is 0 Å². The van der Waals surface area contributed by atoms with Crippen LogP contribution in [0.2, 0.25) is 0 Å². The number of carbonyl (C=O) groups excluding carboxylic acids is 1. The minimum Gasteiger partial charge on any atom is -0.349 e. The highest BCUT2D eigenvalue weighted by molar-refractivity contribution is 8.00. The summed E-state index contributed by atoms with van der Waals surface area (Å²) >= 11 is 0.840. The van der Waals surface area contributed by atoms with Crippen molar-refractivity contribution < 1.29 is 18.0 Å². The van der Waals surface area contributed by atoms with Crippen LogP contribution >= 0.6 is 11.8 Å². The van der Waals surface area contributed by atoms with Gasteiger partial charge in [0.15, 0.2) is 0 Å². The van der Waals surface area contributed by atoms with Crippen LogP contribution in [0.25, 0.3) is 0 Å². The molecule has 148 valence electrons. The lowest BCUT2D eigenvalue weighted by Gasteiger charge is -2.18. The molecule has 8 heteroatoms. The molecule has 1 heterocycles. The number of nitrogens with one attached hydrogen (secondary N) is 1. The first kappa shape index (κ1) is 21.8. The first-order valence-corrected chi connectivity index (χ1v) is 9.65.